The monoisotopic (exact) mass is 523 g/mol. The molecule has 1 amide bonds. The highest BCUT2D eigenvalue weighted by Gasteiger charge is 2.27. The summed E-state index contributed by atoms with van der Waals surface area (Å²) >= 11 is 0. The van der Waals surface area contributed by atoms with E-state index < -0.39 is 11.9 Å². The SMILES string of the molecule is CC(C)(C)OC[C@H](NCc1ccc(CNCc2ccc(C=CC(=O)NO)cc2)cc1)C(=O)OC1CCCC1. The summed E-state index contributed by atoms with van der Waals surface area (Å²) in [5.74, 6) is -0.796. The van der Waals surface area contributed by atoms with Crippen molar-refractivity contribution in [1.82, 2.24) is 16.1 Å². The van der Waals surface area contributed by atoms with Gasteiger partial charge >= 0.3 is 5.97 Å². The second kappa shape index (κ2) is 14.8. The Morgan fingerprint density at radius 3 is 2.05 bits per heavy atom. The Bertz CT molecular complexity index is 1040. The number of esters is 1. The number of ether oxygens (including phenoxy) is 2. The first-order valence-corrected chi connectivity index (χ1v) is 13.3. The van der Waals surface area contributed by atoms with Gasteiger partial charge in [0.2, 0.25) is 0 Å². The summed E-state index contributed by atoms with van der Waals surface area (Å²) < 4.78 is 11.6. The first-order chi connectivity index (χ1) is 18.2. The van der Waals surface area contributed by atoms with Crippen LogP contribution in [-0.4, -0.2) is 41.4 Å². The number of carbonyl (C=O) groups is 2. The second-order valence-electron chi connectivity index (χ2n) is 10.7. The van der Waals surface area contributed by atoms with Gasteiger partial charge < -0.3 is 14.8 Å². The minimum absolute atomic E-state index is 0.0306. The number of hydrogen-bond acceptors (Lipinski definition) is 7. The van der Waals surface area contributed by atoms with Crippen LogP contribution in [0.4, 0.5) is 0 Å². The summed E-state index contributed by atoms with van der Waals surface area (Å²) in [5.41, 5.74) is 5.49. The molecular weight excluding hydrogens is 482 g/mol. The summed E-state index contributed by atoms with van der Waals surface area (Å²) in [5, 5.41) is 15.3. The first kappa shape index (κ1) is 29.5. The Kier molecular flexibility index (Phi) is 11.5. The van der Waals surface area contributed by atoms with Crippen LogP contribution in [-0.2, 0) is 38.7 Å². The molecule has 2 aromatic rings. The van der Waals surface area contributed by atoms with Gasteiger partial charge in [0, 0.05) is 25.7 Å². The van der Waals surface area contributed by atoms with Crippen LogP contribution in [0.3, 0.4) is 0 Å². The predicted octanol–water partition coefficient (Wildman–Crippen LogP) is 4.25. The van der Waals surface area contributed by atoms with Gasteiger partial charge in [-0.1, -0.05) is 48.5 Å². The highest BCUT2D eigenvalue weighted by molar-refractivity contribution is 5.90. The number of amides is 1. The van der Waals surface area contributed by atoms with Crippen molar-refractivity contribution in [2.75, 3.05) is 6.61 Å². The zero-order chi connectivity index (χ0) is 27.4. The van der Waals surface area contributed by atoms with Crippen molar-refractivity contribution in [2.45, 2.75) is 83.8 Å². The maximum atomic E-state index is 12.8. The van der Waals surface area contributed by atoms with Gasteiger partial charge in [0.15, 0.2) is 0 Å². The number of rotatable bonds is 13. The first-order valence-electron chi connectivity index (χ1n) is 13.3. The van der Waals surface area contributed by atoms with Crippen molar-refractivity contribution in [3.05, 3.63) is 76.9 Å². The fourth-order valence-electron chi connectivity index (χ4n) is 4.12. The molecule has 8 heteroatoms. The number of benzene rings is 2. The van der Waals surface area contributed by atoms with Crippen molar-refractivity contribution in [1.29, 1.82) is 0 Å². The lowest BCUT2D eigenvalue weighted by Crippen LogP contribution is -2.44. The van der Waals surface area contributed by atoms with Crippen LogP contribution in [0.2, 0.25) is 0 Å². The van der Waals surface area contributed by atoms with Gasteiger partial charge in [-0.05, 0) is 74.8 Å². The maximum Gasteiger partial charge on any atom is 0.325 e. The molecule has 1 aliphatic carbocycles. The molecular formula is C30H41N3O5. The minimum atomic E-state index is -0.561. The third kappa shape index (κ3) is 10.8. The molecule has 0 radical (unpaired) electrons. The van der Waals surface area contributed by atoms with E-state index in [1.165, 1.54) is 6.08 Å². The number of hydrogen-bond donors (Lipinski definition) is 4. The highest BCUT2D eigenvalue weighted by atomic mass is 16.6. The van der Waals surface area contributed by atoms with Crippen LogP contribution in [0.25, 0.3) is 6.08 Å². The van der Waals surface area contributed by atoms with E-state index in [1.54, 1.807) is 11.6 Å². The quantitative estimate of drug-likeness (QED) is 0.134. The third-order valence-electron chi connectivity index (χ3n) is 6.30. The normalized spacial score (nSPS) is 15.1. The summed E-state index contributed by atoms with van der Waals surface area (Å²) in [4.78, 5) is 23.9. The van der Waals surface area contributed by atoms with Gasteiger partial charge in [0.25, 0.3) is 5.91 Å². The third-order valence-corrected chi connectivity index (χ3v) is 6.30. The molecule has 38 heavy (non-hydrogen) atoms. The largest absolute Gasteiger partial charge is 0.461 e. The summed E-state index contributed by atoms with van der Waals surface area (Å²) in [7, 11) is 0. The summed E-state index contributed by atoms with van der Waals surface area (Å²) in [6.07, 6.45) is 7.07. The molecule has 0 spiro atoms. The number of nitrogens with one attached hydrogen (secondary N) is 3. The lowest BCUT2D eigenvalue weighted by atomic mass is 10.1. The fraction of sp³-hybridized carbons (Fsp3) is 0.467. The molecule has 1 saturated carbocycles. The van der Waals surface area contributed by atoms with E-state index >= 15 is 0 Å². The molecule has 1 aliphatic rings. The number of hydroxylamine groups is 1. The zero-order valence-electron chi connectivity index (χ0n) is 22.7. The van der Waals surface area contributed by atoms with Gasteiger partial charge in [0.05, 0.1) is 12.2 Å². The van der Waals surface area contributed by atoms with Gasteiger partial charge in [0.1, 0.15) is 12.1 Å². The van der Waals surface area contributed by atoms with Gasteiger partial charge in [-0.15, -0.1) is 0 Å². The number of carbonyl (C=O) groups excluding carboxylic acids is 2. The van der Waals surface area contributed by atoms with E-state index in [-0.39, 0.29) is 24.3 Å². The van der Waals surface area contributed by atoms with Gasteiger partial charge in [-0.3, -0.25) is 20.1 Å². The molecule has 3 rings (SSSR count). The van der Waals surface area contributed by atoms with Crippen LogP contribution in [0.1, 0.15) is 68.7 Å². The predicted molar refractivity (Wildman–Crippen MR) is 147 cm³/mol. The van der Waals surface area contributed by atoms with E-state index in [0.717, 1.165) is 54.5 Å². The second-order valence-corrected chi connectivity index (χ2v) is 10.7. The lowest BCUT2D eigenvalue weighted by molar-refractivity contribution is -0.154. The van der Waals surface area contributed by atoms with Gasteiger partial charge in [-0.2, -0.15) is 0 Å². The average molecular weight is 524 g/mol. The van der Waals surface area contributed by atoms with Crippen molar-refractivity contribution in [3.63, 3.8) is 0 Å². The van der Waals surface area contributed by atoms with E-state index in [2.05, 4.69) is 34.9 Å². The van der Waals surface area contributed by atoms with E-state index in [4.69, 9.17) is 14.7 Å². The van der Waals surface area contributed by atoms with Crippen LogP contribution in [0, 0.1) is 0 Å². The van der Waals surface area contributed by atoms with E-state index in [0.29, 0.717) is 13.1 Å². The Balaban J connectivity index is 1.45. The summed E-state index contributed by atoms with van der Waals surface area (Å²) in [6.45, 7) is 8.19. The van der Waals surface area contributed by atoms with Crippen molar-refractivity contribution in [2.24, 2.45) is 0 Å². The molecule has 0 aromatic heterocycles. The summed E-state index contributed by atoms with van der Waals surface area (Å²) in [6, 6.07) is 15.6. The molecule has 2 aromatic carbocycles. The molecule has 0 bridgehead atoms. The Morgan fingerprint density at radius 2 is 1.50 bits per heavy atom. The van der Waals surface area contributed by atoms with Crippen molar-refractivity contribution >= 4 is 18.0 Å². The molecule has 4 N–H and O–H groups in total. The van der Waals surface area contributed by atoms with E-state index in [1.807, 2.05) is 45.0 Å². The van der Waals surface area contributed by atoms with Gasteiger partial charge in [-0.25, -0.2) is 5.48 Å². The standard InChI is InChI=1S/C30H41N3O5/c1-30(2,3)37-21-27(29(35)38-26-6-4-5-7-26)32-20-25-14-12-24(13-15-25)19-31-18-23-10-8-22(9-11-23)16-17-28(34)33-36/h8-17,26-27,31-32,36H,4-7,18-21H2,1-3H3,(H,33,34)/t27-/m0/s1. The fourth-order valence-corrected chi connectivity index (χ4v) is 4.12. The molecule has 0 saturated heterocycles. The maximum absolute atomic E-state index is 12.8. The average Bonchev–Trinajstić information content (AvgIpc) is 3.41. The van der Waals surface area contributed by atoms with Crippen LogP contribution in [0.15, 0.2) is 54.6 Å². The molecule has 0 unspecified atom stereocenters. The molecule has 8 nitrogen and oxygen atoms in total. The molecule has 1 fully saturated rings. The Hall–Kier alpha value is -3.04. The van der Waals surface area contributed by atoms with Crippen LogP contribution < -0.4 is 16.1 Å². The molecule has 1 atom stereocenters. The minimum Gasteiger partial charge on any atom is -0.461 e. The Labute approximate surface area is 225 Å². The van der Waals surface area contributed by atoms with Crippen LogP contribution >= 0.6 is 0 Å². The van der Waals surface area contributed by atoms with Crippen molar-refractivity contribution in [3.8, 4) is 0 Å². The molecule has 0 aliphatic heterocycles. The van der Waals surface area contributed by atoms with E-state index in [9.17, 15) is 9.59 Å². The lowest BCUT2D eigenvalue weighted by Gasteiger charge is -2.25. The highest BCUT2D eigenvalue weighted by Crippen LogP contribution is 2.21. The Morgan fingerprint density at radius 1 is 0.947 bits per heavy atom. The van der Waals surface area contributed by atoms with Crippen LogP contribution in [0.5, 0.6) is 0 Å². The molecule has 0 heterocycles. The zero-order valence-corrected chi connectivity index (χ0v) is 22.7. The topological polar surface area (TPSA) is 109 Å². The molecule has 206 valence electrons. The smallest absolute Gasteiger partial charge is 0.325 e. The van der Waals surface area contributed by atoms with Crippen molar-refractivity contribution < 1.29 is 24.3 Å².